The highest BCUT2D eigenvalue weighted by Crippen LogP contribution is 2.36. The fourth-order valence-electron chi connectivity index (χ4n) is 3.43. The number of carbonyl (C=O) groups is 4. The van der Waals surface area contributed by atoms with E-state index >= 15 is 0 Å². The molecule has 1 saturated heterocycles. The maximum absolute atomic E-state index is 12.6. The maximum Gasteiger partial charge on any atom is 0.322 e. The topological polar surface area (TPSA) is 93.2 Å². The SMILES string of the molecule is CCN(CC)CCOC(=O)C(C)(Br)CC(C)(C)C(=O)OCCN1C(=O)CC(SC)C1=O. The number of hydrogen-bond donors (Lipinski definition) is 0. The summed E-state index contributed by atoms with van der Waals surface area (Å²) in [6.07, 6.45) is 2.13. The lowest BCUT2D eigenvalue weighted by Gasteiger charge is -2.30. The highest BCUT2D eigenvalue weighted by Gasteiger charge is 2.43. The van der Waals surface area contributed by atoms with Gasteiger partial charge in [-0.15, -0.1) is 0 Å². The molecule has 0 aromatic heterocycles. The van der Waals surface area contributed by atoms with Crippen molar-refractivity contribution in [3.8, 4) is 0 Å². The second-order valence-electron chi connectivity index (χ2n) is 8.37. The zero-order valence-electron chi connectivity index (χ0n) is 19.4. The molecule has 1 rings (SSSR count). The molecule has 0 aromatic carbocycles. The molecular formula is C21H35BrN2O6S. The predicted octanol–water partition coefficient (Wildman–Crippen LogP) is 2.47. The summed E-state index contributed by atoms with van der Waals surface area (Å²) < 4.78 is 9.68. The van der Waals surface area contributed by atoms with E-state index in [2.05, 4.69) is 20.8 Å². The Hall–Kier alpha value is -1.13. The summed E-state index contributed by atoms with van der Waals surface area (Å²) in [5, 5.41) is -0.360. The molecule has 31 heavy (non-hydrogen) atoms. The van der Waals surface area contributed by atoms with Gasteiger partial charge < -0.3 is 14.4 Å². The number of imide groups is 1. The van der Waals surface area contributed by atoms with Crippen molar-refractivity contribution in [2.24, 2.45) is 5.41 Å². The average molecular weight is 523 g/mol. The van der Waals surface area contributed by atoms with Crippen molar-refractivity contribution in [1.82, 2.24) is 9.80 Å². The monoisotopic (exact) mass is 522 g/mol. The Balaban J connectivity index is 2.53. The Morgan fingerprint density at radius 3 is 2.23 bits per heavy atom. The van der Waals surface area contributed by atoms with E-state index in [1.165, 1.54) is 11.8 Å². The molecule has 0 aliphatic carbocycles. The van der Waals surface area contributed by atoms with Crippen molar-refractivity contribution in [1.29, 1.82) is 0 Å². The van der Waals surface area contributed by atoms with Crippen molar-refractivity contribution in [3.05, 3.63) is 0 Å². The smallest absolute Gasteiger partial charge is 0.322 e. The lowest BCUT2D eigenvalue weighted by Crippen LogP contribution is -2.41. The molecule has 10 heteroatoms. The van der Waals surface area contributed by atoms with E-state index in [0.717, 1.165) is 18.0 Å². The normalized spacial score (nSPS) is 19.0. The minimum Gasteiger partial charge on any atom is -0.463 e. The molecule has 178 valence electrons. The fraction of sp³-hybridized carbons (Fsp3) is 0.810. The zero-order valence-corrected chi connectivity index (χ0v) is 21.8. The Kier molecular flexibility index (Phi) is 11.0. The van der Waals surface area contributed by atoms with Crippen LogP contribution in [0.2, 0.25) is 0 Å². The van der Waals surface area contributed by atoms with E-state index in [4.69, 9.17) is 9.47 Å². The highest BCUT2D eigenvalue weighted by molar-refractivity contribution is 9.10. The predicted molar refractivity (Wildman–Crippen MR) is 124 cm³/mol. The number of likely N-dealkylation sites (N-methyl/N-ethyl adjacent to an activating group) is 1. The molecule has 2 unspecified atom stereocenters. The largest absolute Gasteiger partial charge is 0.463 e. The van der Waals surface area contributed by atoms with Gasteiger partial charge in [0, 0.05) is 13.0 Å². The van der Waals surface area contributed by atoms with Crippen LogP contribution in [0, 0.1) is 5.41 Å². The van der Waals surface area contributed by atoms with Crippen LogP contribution in [0.15, 0.2) is 0 Å². The van der Waals surface area contributed by atoms with Crippen molar-refractivity contribution >= 4 is 51.4 Å². The molecule has 2 atom stereocenters. The van der Waals surface area contributed by atoms with Crippen LogP contribution in [0.25, 0.3) is 0 Å². The lowest BCUT2D eigenvalue weighted by atomic mass is 9.83. The van der Waals surface area contributed by atoms with Crippen LogP contribution in [0.4, 0.5) is 0 Å². The summed E-state index contributed by atoms with van der Waals surface area (Å²) in [4.78, 5) is 52.5. The molecule has 8 nitrogen and oxygen atoms in total. The molecule has 0 radical (unpaired) electrons. The van der Waals surface area contributed by atoms with E-state index in [-0.39, 0.29) is 49.7 Å². The third kappa shape index (κ3) is 8.05. The molecule has 1 aliphatic heterocycles. The molecule has 0 N–H and O–H groups in total. The number of halogens is 1. The van der Waals surface area contributed by atoms with Crippen molar-refractivity contribution in [2.45, 2.75) is 57.0 Å². The van der Waals surface area contributed by atoms with Gasteiger partial charge in [0.25, 0.3) is 0 Å². The van der Waals surface area contributed by atoms with E-state index in [1.54, 1.807) is 27.0 Å². The van der Waals surface area contributed by atoms with E-state index in [1.807, 2.05) is 13.8 Å². The van der Waals surface area contributed by atoms with Gasteiger partial charge in [-0.05, 0) is 46.5 Å². The number of thioether (sulfide) groups is 1. The number of hydrogen-bond acceptors (Lipinski definition) is 8. The van der Waals surface area contributed by atoms with Crippen LogP contribution in [0.5, 0.6) is 0 Å². The Labute approximate surface area is 197 Å². The van der Waals surface area contributed by atoms with Gasteiger partial charge in [0.2, 0.25) is 11.8 Å². The van der Waals surface area contributed by atoms with Gasteiger partial charge in [-0.25, -0.2) is 0 Å². The third-order valence-corrected chi connectivity index (χ3v) is 6.86. The molecule has 0 bridgehead atoms. The molecule has 1 heterocycles. The summed E-state index contributed by atoms with van der Waals surface area (Å²) >= 11 is 4.75. The first-order chi connectivity index (χ1) is 14.4. The van der Waals surface area contributed by atoms with Crippen LogP contribution in [-0.4, -0.2) is 88.8 Å². The molecule has 0 spiro atoms. The van der Waals surface area contributed by atoms with Crippen LogP contribution >= 0.6 is 27.7 Å². The maximum atomic E-state index is 12.6. The number of esters is 2. The first kappa shape index (κ1) is 27.9. The van der Waals surface area contributed by atoms with Crippen LogP contribution in [0.3, 0.4) is 0 Å². The number of carbonyl (C=O) groups excluding carboxylic acids is 4. The number of nitrogens with zero attached hydrogens (tertiary/aromatic N) is 2. The van der Waals surface area contributed by atoms with Crippen LogP contribution in [-0.2, 0) is 28.7 Å². The van der Waals surface area contributed by atoms with Gasteiger partial charge in [-0.2, -0.15) is 11.8 Å². The minimum atomic E-state index is -1.05. The van der Waals surface area contributed by atoms with Gasteiger partial charge >= 0.3 is 11.9 Å². The fourth-order valence-corrected chi connectivity index (χ4v) is 4.88. The number of likely N-dealkylation sites (tertiary alicyclic amines) is 1. The first-order valence-corrected chi connectivity index (χ1v) is 12.6. The van der Waals surface area contributed by atoms with E-state index in [9.17, 15) is 19.2 Å². The molecular weight excluding hydrogens is 488 g/mol. The standard InChI is InChI=1S/C21H35BrN2O6S/c1-7-23(8-2)9-11-30-19(28)21(5,22)14-20(3,4)18(27)29-12-10-24-16(25)13-15(31-6)17(24)26/h15H,7-14H2,1-6H3. The highest BCUT2D eigenvalue weighted by atomic mass is 79.9. The molecule has 0 saturated carbocycles. The molecule has 2 amide bonds. The molecule has 1 aliphatic rings. The Bertz CT molecular complexity index is 666. The van der Waals surface area contributed by atoms with Gasteiger partial charge in [0.15, 0.2) is 0 Å². The van der Waals surface area contributed by atoms with E-state index < -0.39 is 21.7 Å². The summed E-state index contributed by atoms with van der Waals surface area (Å²) in [5.41, 5.74) is -0.975. The third-order valence-electron chi connectivity index (χ3n) is 5.32. The second-order valence-corrected chi connectivity index (χ2v) is 11.2. The Morgan fingerprint density at radius 2 is 1.71 bits per heavy atom. The average Bonchev–Trinajstić information content (AvgIpc) is 2.97. The van der Waals surface area contributed by atoms with Gasteiger partial charge in [0.1, 0.15) is 17.5 Å². The molecule has 1 fully saturated rings. The Morgan fingerprint density at radius 1 is 1.13 bits per heavy atom. The number of rotatable bonds is 13. The number of ether oxygens (including phenoxy) is 2. The van der Waals surface area contributed by atoms with E-state index in [0.29, 0.717) is 6.54 Å². The summed E-state index contributed by atoms with van der Waals surface area (Å²) in [6.45, 7) is 11.8. The number of amides is 2. The van der Waals surface area contributed by atoms with Crippen molar-refractivity contribution < 1.29 is 28.7 Å². The lowest BCUT2D eigenvalue weighted by molar-refractivity contribution is -0.158. The quantitative estimate of drug-likeness (QED) is 0.207. The summed E-state index contributed by atoms with van der Waals surface area (Å²) in [7, 11) is 0. The zero-order chi connectivity index (χ0) is 23.8. The van der Waals surface area contributed by atoms with Crippen molar-refractivity contribution in [2.75, 3.05) is 45.6 Å². The van der Waals surface area contributed by atoms with Crippen molar-refractivity contribution in [3.63, 3.8) is 0 Å². The minimum absolute atomic E-state index is 0.0372. The molecule has 0 aromatic rings. The second kappa shape index (κ2) is 12.2. The first-order valence-electron chi connectivity index (χ1n) is 10.5. The van der Waals surface area contributed by atoms with Gasteiger partial charge in [-0.1, -0.05) is 29.8 Å². The summed E-state index contributed by atoms with van der Waals surface area (Å²) in [5.74, 6) is -1.43. The summed E-state index contributed by atoms with van der Waals surface area (Å²) in [6, 6.07) is 0. The van der Waals surface area contributed by atoms with Gasteiger partial charge in [-0.3, -0.25) is 24.1 Å². The van der Waals surface area contributed by atoms with Crippen LogP contribution < -0.4 is 0 Å². The number of alkyl halides is 1. The van der Waals surface area contributed by atoms with Crippen LogP contribution in [0.1, 0.15) is 47.5 Å². The van der Waals surface area contributed by atoms with Gasteiger partial charge in [0.05, 0.1) is 17.2 Å².